The lowest BCUT2D eigenvalue weighted by atomic mass is 10.2. The molecule has 1 rings (SSSR count). The van der Waals surface area contributed by atoms with E-state index < -0.39 is 18.0 Å². The van der Waals surface area contributed by atoms with Crippen LogP contribution in [0.1, 0.15) is 33.3 Å². The summed E-state index contributed by atoms with van der Waals surface area (Å²) in [7, 11) is 1.33. The molecule has 172 valence electrons. The smallest absolute Gasteiger partial charge is 0.333 e. The highest BCUT2D eigenvalue weighted by Crippen LogP contribution is 1.97. The number of carboxylic acid groups (broad SMARTS) is 1. The first-order valence-corrected chi connectivity index (χ1v) is 9.10. The molecular weight excluding hydrogens is 400 g/mol. The van der Waals surface area contributed by atoms with E-state index in [1.165, 1.54) is 19.6 Å². The minimum absolute atomic E-state index is 0.0334. The predicted molar refractivity (Wildman–Crippen MR) is 123 cm³/mol. The third-order valence-corrected chi connectivity index (χ3v) is 2.74. The number of benzene rings is 1. The van der Waals surface area contributed by atoms with Gasteiger partial charge in [0, 0.05) is 16.7 Å². The van der Waals surface area contributed by atoms with Gasteiger partial charge in [-0.15, -0.1) is 0 Å². The van der Waals surface area contributed by atoms with Crippen molar-refractivity contribution in [3.05, 3.63) is 78.9 Å². The lowest BCUT2D eigenvalue weighted by Crippen LogP contribution is -2.15. The Bertz CT molecular complexity index is 720. The number of esters is 2. The molecule has 0 fully saturated rings. The Balaban J connectivity index is -0.000000343. The topological polar surface area (TPSA) is 110 Å². The Kier molecular flexibility index (Phi) is 20.6. The number of methoxy groups -OCH3 is 1. The summed E-state index contributed by atoms with van der Waals surface area (Å²) in [6.07, 6.45) is 1.23. The number of hydrogen-bond acceptors (Lipinski definition) is 6. The summed E-state index contributed by atoms with van der Waals surface area (Å²) in [4.78, 5) is 30.4. The summed E-state index contributed by atoms with van der Waals surface area (Å²) in [5.74, 6) is -1.74. The Morgan fingerprint density at radius 3 is 1.58 bits per heavy atom. The maximum atomic E-state index is 10.6. The lowest BCUT2D eigenvalue weighted by molar-refractivity contribution is -0.141. The van der Waals surface area contributed by atoms with E-state index >= 15 is 0 Å². The molecule has 1 aromatic carbocycles. The molecule has 0 bridgehead atoms. The highest BCUT2D eigenvalue weighted by atomic mass is 16.5. The van der Waals surface area contributed by atoms with Gasteiger partial charge in [0.25, 0.3) is 0 Å². The van der Waals surface area contributed by atoms with Crippen LogP contribution in [0.2, 0.25) is 0 Å². The maximum absolute atomic E-state index is 10.6. The molecule has 0 saturated heterocycles. The Morgan fingerprint density at radius 1 is 0.968 bits per heavy atom. The molecule has 0 radical (unpaired) electrons. The van der Waals surface area contributed by atoms with Crippen LogP contribution in [0, 0.1) is 0 Å². The van der Waals surface area contributed by atoms with Crippen LogP contribution in [0.5, 0.6) is 0 Å². The fourth-order valence-corrected chi connectivity index (χ4v) is 1.08. The molecule has 0 saturated carbocycles. The molecule has 31 heavy (non-hydrogen) atoms. The number of carbonyl (C=O) groups is 3. The van der Waals surface area contributed by atoms with Crippen LogP contribution in [0.25, 0.3) is 6.08 Å². The molecular formula is C24H34O7. The van der Waals surface area contributed by atoms with E-state index in [1.54, 1.807) is 20.8 Å². The Hall–Kier alpha value is -3.45. The van der Waals surface area contributed by atoms with Crippen LogP contribution in [0.4, 0.5) is 0 Å². The molecule has 0 aliphatic carbocycles. The minimum Gasteiger partial charge on any atom is -0.478 e. The predicted octanol–water partition coefficient (Wildman–Crippen LogP) is 4.20. The van der Waals surface area contributed by atoms with E-state index in [4.69, 9.17) is 10.2 Å². The van der Waals surface area contributed by atoms with Crippen LogP contribution in [0.3, 0.4) is 0 Å². The maximum Gasteiger partial charge on any atom is 0.333 e. The van der Waals surface area contributed by atoms with Gasteiger partial charge in [-0.3, -0.25) is 0 Å². The van der Waals surface area contributed by atoms with Gasteiger partial charge in [0.2, 0.25) is 0 Å². The summed E-state index contributed by atoms with van der Waals surface area (Å²) in [6, 6.07) is 10.0. The van der Waals surface area contributed by atoms with Crippen molar-refractivity contribution < 1.29 is 34.1 Å². The third-order valence-electron chi connectivity index (χ3n) is 2.74. The first kappa shape index (κ1) is 32.2. The molecule has 0 spiro atoms. The number of hydrogen-bond donors (Lipinski definition) is 2. The lowest BCUT2D eigenvalue weighted by Gasteiger charge is -2.04. The van der Waals surface area contributed by atoms with Gasteiger partial charge in [0.1, 0.15) is 6.61 Å². The van der Waals surface area contributed by atoms with Crippen LogP contribution in [-0.2, 0) is 23.9 Å². The first-order valence-electron chi connectivity index (χ1n) is 9.10. The second-order valence-electron chi connectivity index (χ2n) is 6.20. The van der Waals surface area contributed by atoms with E-state index in [9.17, 15) is 14.4 Å². The van der Waals surface area contributed by atoms with E-state index in [0.29, 0.717) is 11.1 Å². The van der Waals surface area contributed by atoms with E-state index in [2.05, 4.69) is 35.8 Å². The average Bonchev–Trinajstić information content (AvgIpc) is 2.72. The molecule has 0 aromatic heterocycles. The standard InChI is InChI=1S/C8H8.C7H12O3.C5H8O2.C4H6O2/c1-2-8-6-4-3-5-7-8;1-5(2)7(9)10-4-6(3)8;1-4(2)5(6)7-3;1-3(2)4(5)6/h2-7H,1H2;6,8H,1,4H2,2-3H3;1H2,2-3H3;1H2,2H3,(H,5,6). The summed E-state index contributed by atoms with van der Waals surface area (Å²) in [6.45, 7) is 19.7. The number of rotatable bonds is 6. The summed E-state index contributed by atoms with van der Waals surface area (Å²) in [5, 5.41) is 16.6. The molecule has 7 heteroatoms. The Labute approximate surface area is 185 Å². The fourth-order valence-electron chi connectivity index (χ4n) is 1.08. The van der Waals surface area contributed by atoms with Crippen molar-refractivity contribution in [1.82, 2.24) is 0 Å². The number of aliphatic carboxylic acids is 1. The van der Waals surface area contributed by atoms with Crippen molar-refractivity contribution in [3.63, 3.8) is 0 Å². The summed E-state index contributed by atoms with van der Waals surface area (Å²) in [5.41, 5.74) is 2.13. The zero-order valence-corrected chi connectivity index (χ0v) is 19.0. The molecule has 1 unspecified atom stereocenters. The SMILES string of the molecule is C=C(C)C(=O)O.C=C(C)C(=O)OC.C=C(C)C(=O)OCC(C)O.C=Cc1ccccc1. The van der Waals surface area contributed by atoms with Gasteiger partial charge >= 0.3 is 17.9 Å². The average molecular weight is 435 g/mol. The number of carbonyl (C=O) groups excluding carboxylic acids is 2. The van der Waals surface area contributed by atoms with Crippen molar-refractivity contribution in [2.24, 2.45) is 0 Å². The second kappa shape index (κ2) is 19.8. The highest BCUT2D eigenvalue weighted by molar-refractivity contribution is 5.87. The van der Waals surface area contributed by atoms with Crippen LogP contribution >= 0.6 is 0 Å². The van der Waals surface area contributed by atoms with Gasteiger partial charge < -0.3 is 19.7 Å². The van der Waals surface area contributed by atoms with Gasteiger partial charge in [-0.2, -0.15) is 0 Å². The Morgan fingerprint density at radius 2 is 1.39 bits per heavy atom. The molecule has 7 nitrogen and oxygen atoms in total. The number of ether oxygens (including phenoxy) is 2. The summed E-state index contributed by atoms with van der Waals surface area (Å²) >= 11 is 0. The van der Waals surface area contributed by atoms with Gasteiger partial charge in [-0.05, 0) is 33.3 Å². The molecule has 2 N–H and O–H groups in total. The fraction of sp³-hybridized carbons (Fsp3) is 0.292. The molecule has 0 heterocycles. The van der Waals surface area contributed by atoms with E-state index in [0.717, 1.165) is 0 Å². The second-order valence-corrected chi connectivity index (χ2v) is 6.20. The summed E-state index contributed by atoms with van der Waals surface area (Å²) < 4.78 is 8.85. The molecule has 1 aromatic rings. The van der Waals surface area contributed by atoms with Crippen molar-refractivity contribution in [2.75, 3.05) is 13.7 Å². The normalized spacial score (nSPS) is 9.35. The highest BCUT2D eigenvalue weighted by Gasteiger charge is 2.03. The molecule has 0 aliphatic heterocycles. The minimum atomic E-state index is -0.935. The number of aliphatic hydroxyl groups is 1. The van der Waals surface area contributed by atoms with Crippen LogP contribution in [-0.4, -0.2) is 47.9 Å². The number of aliphatic hydroxyl groups excluding tert-OH is 1. The van der Waals surface area contributed by atoms with Crippen LogP contribution in [0.15, 0.2) is 73.4 Å². The monoisotopic (exact) mass is 434 g/mol. The third kappa shape index (κ3) is 24.5. The first-order chi connectivity index (χ1) is 14.3. The molecule has 0 aliphatic rings. The van der Waals surface area contributed by atoms with Crippen molar-refractivity contribution in [1.29, 1.82) is 0 Å². The molecule has 1 atom stereocenters. The largest absolute Gasteiger partial charge is 0.478 e. The van der Waals surface area contributed by atoms with Crippen molar-refractivity contribution in [2.45, 2.75) is 33.8 Å². The quantitative estimate of drug-likeness (QED) is 0.510. The van der Waals surface area contributed by atoms with Crippen LogP contribution < -0.4 is 0 Å². The zero-order valence-electron chi connectivity index (χ0n) is 19.0. The van der Waals surface area contributed by atoms with Gasteiger partial charge in [-0.1, -0.05) is 62.7 Å². The van der Waals surface area contributed by atoms with Gasteiger partial charge in [-0.25, -0.2) is 14.4 Å². The number of carboxylic acids is 1. The van der Waals surface area contributed by atoms with Crippen molar-refractivity contribution >= 4 is 24.0 Å². The van der Waals surface area contributed by atoms with E-state index in [-0.39, 0.29) is 18.1 Å². The van der Waals surface area contributed by atoms with E-state index in [1.807, 2.05) is 36.4 Å². The zero-order chi connectivity index (χ0) is 25.0. The molecule has 0 amide bonds. The van der Waals surface area contributed by atoms with Gasteiger partial charge in [0.15, 0.2) is 0 Å². The van der Waals surface area contributed by atoms with Gasteiger partial charge in [0.05, 0.1) is 13.2 Å². The van der Waals surface area contributed by atoms with Crippen molar-refractivity contribution in [3.8, 4) is 0 Å².